The molecule has 116 valence electrons. The van der Waals surface area contributed by atoms with E-state index in [-0.39, 0.29) is 5.91 Å². The van der Waals surface area contributed by atoms with Crippen LogP contribution in [0.15, 0.2) is 24.3 Å². The molecule has 0 saturated carbocycles. The molecule has 1 heterocycles. The maximum Gasteiger partial charge on any atom is 0.244 e. The molecule has 5 heteroatoms. The number of anilines is 1. The van der Waals surface area contributed by atoms with Gasteiger partial charge in [0.25, 0.3) is 0 Å². The van der Waals surface area contributed by atoms with Crippen molar-refractivity contribution in [2.75, 3.05) is 32.2 Å². The second-order valence-corrected chi connectivity index (χ2v) is 5.29. The number of benzene rings is 1. The van der Waals surface area contributed by atoms with E-state index < -0.39 is 5.54 Å². The molecule has 2 rings (SSSR count). The summed E-state index contributed by atoms with van der Waals surface area (Å²) in [5.41, 5.74) is 0.337. The Bertz CT molecular complexity index is 470. The molecule has 1 aromatic rings. The van der Waals surface area contributed by atoms with E-state index in [1.807, 2.05) is 31.2 Å². The lowest BCUT2D eigenvalue weighted by molar-refractivity contribution is -0.122. The number of amides is 1. The number of hydrogen-bond acceptors (Lipinski definition) is 4. The number of methoxy groups -OCH3 is 1. The Balaban J connectivity index is 1.98. The summed E-state index contributed by atoms with van der Waals surface area (Å²) >= 11 is 0. The van der Waals surface area contributed by atoms with E-state index in [0.29, 0.717) is 13.2 Å². The largest absolute Gasteiger partial charge is 0.491 e. The Labute approximate surface area is 126 Å². The van der Waals surface area contributed by atoms with Crippen molar-refractivity contribution in [2.24, 2.45) is 0 Å². The summed E-state index contributed by atoms with van der Waals surface area (Å²) in [6, 6.07) is 7.46. The zero-order valence-electron chi connectivity index (χ0n) is 12.8. The molecule has 1 unspecified atom stereocenters. The van der Waals surface area contributed by atoms with Gasteiger partial charge in [0.15, 0.2) is 0 Å². The zero-order valence-corrected chi connectivity index (χ0v) is 12.8. The molecule has 1 saturated heterocycles. The first kappa shape index (κ1) is 15.8. The van der Waals surface area contributed by atoms with Gasteiger partial charge in [-0.05, 0) is 37.9 Å². The summed E-state index contributed by atoms with van der Waals surface area (Å²) in [4.78, 5) is 12.5. The normalized spacial score (nSPS) is 21.2. The topological polar surface area (TPSA) is 59.6 Å². The minimum absolute atomic E-state index is 0.0385. The van der Waals surface area contributed by atoms with Gasteiger partial charge in [0.05, 0.1) is 12.1 Å². The van der Waals surface area contributed by atoms with Crippen LogP contribution in [0.4, 0.5) is 5.69 Å². The number of nitrogens with one attached hydrogen (secondary N) is 2. The zero-order chi connectivity index (χ0) is 15.1. The summed E-state index contributed by atoms with van der Waals surface area (Å²) in [5, 5.41) is 6.33. The Morgan fingerprint density at radius 3 is 2.95 bits per heavy atom. The average Bonchev–Trinajstić information content (AvgIpc) is 2.98. The minimum Gasteiger partial charge on any atom is -0.491 e. The third-order valence-electron chi connectivity index (χ3n) is 3.93. The molecule has 5 nitrogen and oxygen atoms in total. The van der Waals surface area contributed by atoms with Crippen molar-refractivity contribution in [1.29, 1.82) is 0 Å². The van der Waals surface area contributed by atoms with Crippen molar-refractivity contribution >= 4 is 11.6 Å². The fourth-order valence-corrected chi connectivity index (χ4v) is 2.62. The summed E-state index contributed by atoms with van der Waals surface area (Å²) in [6.45, 7) is 3.98. The Morgan fingerprint density at radius 2 is 2.29 bits per heavy atom. The van der Waals surface area contributed by atoms with Crippen LogP contribution in [0, 0.1) is 0 Å². The van der Waals surface area contributed by atoms with Crippen LogP contribution in [-0.2, 0) is 9.53 Å². The Hall–Kier alpha value is -1.59. The molecule has 21 heavy (non-hydrogen) atoms. The lowest BCUT2D eigenvalue weighted by Gasteiger charge is -2.26. The second-order valence-electron chi connectivity index (χ2n) is 5.29. The maximum absolute atomic E-state index is 12.5. The van der Waals surface area contributed by atoms with E-state index in [4.69, 9.17) is 9.47 Å². The Kier molecular flexibility index (Phi) is 5.59. The monoisotopic (exact) mass is 292 g/mol. The predicted molar refractivity (Wildman–Crippen MR) is 82.7 cm³/mol. The molecular formula is C16H24N2O3. The molecule has 0 aliphatic carbocycles. The molecule has 1 amide bonds. The van der Waals surface area contributed by atoms with Gasteiger partial charge in [0, 0.05) is 18.9 Å². The SMILES string of the molecule is CCC1(C(=O)Nc2cccc(OCCOC)c2)CCCN1. The molecule has 0 spiro atoms. The predicted octanol–water partition coefficient (Wildman–Crippen LogP) is 2.18. The molecule has 1 atom stereocenters. The number of rotatable bonds is 7. The summed E-state index contributed by atoms with van der Waals surface area (Å²) < 4.78 is 10.5. The van der Waals surface area contributed by atoms with Gasteiger partial charge in [-0.3, -0.25) is 4.79 Å². The van der Waals surface area contributed by atoms with Crippen molar-refractivity contribution in [3.63, 3.8) is 0 Å². The van der Waals surface area contributed by atoms with Crippen molar-refractivity contribution in [3.8, 4) is 5.75 Å². The molecular weight excluding hydrogens is 268 g/mol. The van der Waals surface area contributed by atoms with Crippen LogP contribution >= 0.6 is 0 Å². The number of ether oxygens (including phenoxy) is 2. The van der Waals surface area contributed by atoms with Crippen LogP contribution in [0.5, 0.6) is 5.75 Å². The van der Waals surface area contributed by atoms with E-state index in [2.05, 4.69) is 10.6 Å². The lowest BCUT2D eigenvalue weighted by atomic mass is 9.93. The maximum atomic E-state index is 12.5. The first-order valence-corrected chi connectivity index (χ1v) is 7.48. The average molecular weight is 292 g/mol. The van der Waals surface area contributed by atoms with E-state index >= 15 is 0 Å². The molecule has 0 radical (unpaired) electrons. The van der Waals surface area contributed by atoms with Crippen LogP contribution < -0.4 is 15.4 Å². The number of carbonyl (C=O) groups excluding carboxylic acids is 1. The highest BCUT2D eigenvalue weighted by Crippen LogP contribution is 2.25. The van der Waals surface area contributed by atoms with Gasteiger partial charge in [-0.2, -0.15) is 0 Å². The van der Waals surface area contributed by atoms with Gasteiger partial charge < -0.3 is 20.1 Å². The Morgan fingerprint density at radius 1 is 1.43 bits per heavy atom. The number of carbonyl (C=O) groups is 1. The molecule has 2 N–H and O–H groups in total. The quantitative estimate of drug-likeness (QED) is 0.756. The van der Waals surface area contributed by atoms with Gasteiger partial charge in [-0.25, -0.2) is 0 Å². The van der Waals surface area contributed by atoms with Crippen molar-refractivity contribution in [2.45, 2.75) is 31.7 Å². The third-order valence-corrected chi connectivity index (χ3v) is 3.93. The van der Waals surface area contributed by atoms with Crippen LogP contribution in [0.25, 0.3) is 0 Å². The molecule has 1 aromatic carbocycles. The van der Waals surface area contributed by atoms with E-state index in [9.17, 15) is 4.79 Å². The second kappa shape index (κ2) is 7.43. The van der Waals surface area contributed by atoms with Crippen molar-refractivity contribution in [3.05, 3.63) is 24.3 Å². The van der Waals surface area contributed by atoms with E-state index in [1.54, 1.807) is 7.11 Å². The fraction of sp³-hybridized carbons (Fsp3) is 0.562. The summed E-state index contributed by atoms with van der Waals surface area (Å²) in [5.74, 6) is 0.770. The molecule has 1 fully saturated rings. The van der Waals surface area contributed by atoms with Crippen molar-refractivity contribution < 1.29 is 14.3 Å². The first-order valence-electron chi connectivity index (χ1n) is 7.48. The minimum atomic E-state index is -0.424. The smallest absolute Gasteiger partial charge is 0.244 e. The van der Waals surface area contributed by atoms with Gasteiger partial charge in [-0.15, -0.1) is 0 Å². The van der Waals surface area contributed by atoms with E-state index in [0.717, 1.165) is 37.2 Å². The highest BCUT2D eigenvalue weighted by Gasteiger charge is 2.39. The van der Waals surface area contributed by atoms with Crippen LogP contribution in [0.2, 0.25) is 0 Å². The van der Waals surface area contributed by atoms with Crippen LogP contribution in [-0.4, -0.2) is 38.3 Å². The van der Waals surface area contributed by atoms with Gasteiger partial charge >= 0.3 is 0 Å². The highest BCUT2D eigenvalue weighted by molar-refractivity contribution is 5.98. The van der Waals surface area contributed by atoms with Gasteiger partial charge in [0.2, 0.25) is 5.91 Å². The summed E-state index contributed by atoms with van der Waals surface area (Å²) in [7, 11) is 1.64. The molecule has 0 bridgehead atoms. The highest BCUT2D eigenvalue weighted by atomic mass is 16.5. The first-order chi connectivity index (χ1) is 10.2. The van der Waals surface area contributed by atoms with Crippen LogP contribution in [0.3, 0.4) is 0 Å². The molecule has 1 aliphatic rings. The lowest BCUT2D eigenvalue weighted by Crippen LogP contribution is -2.50. The van der Waals surface area contributed by atoms with E-state index in [1.165, 1.54) is 0 Å². The van der Waals surface area contributed by atoms with Gasteiger partial charge in [-0.1, -0.05) is 13.0 Å². The van der Waals surface area contributed by atoms with Crippen molar-refractivity contribution in [1.82, 2.24) is 5.32 Å². The third kappa shape index (κ3) is 3.95. The summed E-state index contributed by atoms with van der Waals surface area (Å²) in [6.07, 6.45) is 2.73. The van der Waals surface area contributed by atoms with Gasteiger partial charge in [0.1, 0.15) is 12.4 Å². The molecule has 0 aromatic heterocycles. The van der Waals surface area contributed by atoms with Crippen LogP contribution in [0.1, 0.15) is 26.2 Å². The number of hydrogen-bond donors (Lipinski definition) is 2. The standard InChI is InChI=1S/C16H24N2O3/c1-3-16(8-5-9-17-16)15(19)18-13-6-4-7-14(12-13)21-11-10-20-2/h4,6-7,12,17H,3,5,8-11H2,1-2H3,(H,18,19). The fourth-order valence-electron chi connectivity index (χ4n) is 2.62. The molecule has 1 aliphatic heterocycles.